The van der Waals surface area contributed by atoms with E-state index < -0.39 is 97.5 Å². The van der Waals surface area contributed by atoms with Crippen molar-refractivity contribution in [2.24, 2.45) is 17.8 Å². The third-order valence-electron chi connectivity index (χ3n) is 20.7. The van der Waals surface area contributed by atoms with Gasteiger partial charge >= 0.3 is 39.5 Å². The lowest BCUT2D eigenvalue weighted by atomic mass is 9.99. The van der Waals surface area contributed by atoms with Crippen LogP contribution in [0.5, 0.6) is 0 Å². The van der Waals surface area contributed by atoms with Crippen molar-refractivity contribution in [2.75, 3.05) is 39.6 Å². The van der Waals surface area contributed by atoms with E-state index in [1.807, 2.05) is 0 Å². The Balaban J connectivity index is 5.22. The first-order chi connectivity index (χ1) is 51.3. The highest BCUT2D eigenvalue weighted by Crippen LogP contribution is 2.45. The van der Waals surface area contributed by atoms with Gasteiger partial charge in [-0.2, -0.15) is 0 Å². The zero-order valence-electron chi connectivity index (χ0n) is 69.9. The molecule has 0 spiro atoms. The predicted octanol–water partition coefficient (Wildman–Crippen LogP) is 26.5. The molecule has 0 aliphatic heterocycles. The summed E-state index contributed by atoms with van der Waals surface area (Å²) >= 11 is 0. The molecule has 0 bridgehead atoms. The Labute approximate surface area is 651 Å². The van der Waals surface area contributed by atoms with E-state index in [0.29, 0.717) is 25.7 Å². The Morgan fingerprint density at radius 1 is 0.274 bits per heavy atom. The fourth-order valence-corrected chi connectivity index (χ4v) is 15.1. The maximum absolute atomic E-state index is 13.2. The first kappa shape index (κ1) is 104. The first-order valence-electron chi connectivity index (χ1n) is 44.9. The summed E-state index contributed by atoms with van der Waals surface area (Å²) in [5.41, 5.74) is 0. The van der Waals surface area contributed by atoms with Crippen LogP contribution in [0.2, 0.25) is 0 Å². The minimum atomic E-state index is -4.97. The quantitative estimate of drug-likeness (QED) is 0.0222. The highest BCUT2D eigenvalue weighted by atomic mass is 31.2. The normalized spacial score (nSPS) is 14.1. The summed E-state index contributed by atoms with van der Waals surface area (Å²) in [5, 5.41) is 10.7. The summed E-state index contributed by atoms with van der Waals surface area (Å²) in [7, 11) is -9.93. The van der Waals surface area contributed by atoms with Gasteiger partial charge in [-0.05, 0) is 43.4 Å². The van der Waals surface area contributed by atoms with Crippen LogP contribution in [0.1, 0.15) is 459 Å². The van der Waals surface area contributed by atoms with Crippen molar-refractivity contribution >= 4 is 39.5 Å². The van der Waals surface area contributed by atoms with Crippen LogP contribution in [-0.2, 0) is 65.4 Å². The lowest BCUT2D eigenvalue weighted by molar-refractivity contribution is -0.161. The maximum atomic E-state index is 13.2. The van der Waals surface area contributed by atoms with E-state index in [9.17, 15) is 43.2 Å². The number of aliphatic hydroxyl groups is 1. The third-order valence-corrected chi connectivity index (χ3v) is 22.6. The standard InChI is InChI=1S/C87H170O17P2/c1-8-10-11-12-13-14-15-16-17-18-19-20-21-25-28-31-34-39-47-54-61-68-84(89)97-74-82(103-86(91)70-63-56-49-40-35-32-29-26-23-22-24-27-30-33-37-44-51-58-65-78(3)4)76-101-105(93,94)99-72-81(88)73-100-106(95,96)102-77-83(104-87(92)71-64-57-50-41-36-38-45-52-59-66-79(5)6)75-98-85(90)69-62-55-48-43-42-46-53-60-67-80(7)9-2/h78-83,88H,8-77H2,1-7H3,(H,93,94)(H,95,96)/t80?,81-,82-,83-/m1/s1. The summed E-state index contributed by atoms with van der Waals surface area (Å²) in [4.78, 5) is 73.2. The van der Waals surface area contributed by atoms with Gasteiger partial charge in [-0.25, -0.2) is 9.13 Å². The topological polar surface area (TPSA) is 237 Å². The van der Waals surface area contributed by atoms with Gasteiger partial charge in [0.25, 0.3) is 0 Å². The Morgan fingerprint density at radius 2 is 0.481 bits per heavy atom. The number of phosphoric acid groups is 2. The van der Waals surface area contributed by atoms with Crippen LogP contribution in [0.4, 0.5) is 0 Å². The number of ether oxygens (including phenoxy) is 4. The highest BCUT2D eigenvalue weighted by molar-refractivity contribution is 7.47. The minimum absolute atomic E-state index is 0.105. The largest absolute Gasteiger partial charge is 0.472 e. The molecule has 0 saturated carbocycles. The molecule has 0 aromatic heterocycles. The second-order valence-electron chi connectivity index (χ2n) is 32.5. The van der Waals surface area contributed by atoms with Crippen LogP contribution in [0.3, 0.4) is 0 Å². The molecule has 0 aliphatic carbocycles. The average molecular weight is 1550 g/mol. The Bertz CT molecular complexity index is 2050. The molecule has 0 rings (SSSR count). The van der Waals surface area contributed by atoms with Crippen molar-refractivity contribution in [2.45, 2.75) is 478 Å². The average Bonchev–Trinajstić information content (AvgIpc) is 0.900. The Morgan fingerprint density at radius 3 is 0.717 bits per heavy atom. The van der Waals surface area contributed by atoms with Gasteiger partial charge in [0.05, 0.1) is 26.4 Å². The van der Waals surface area contributed by atoms with Crippen LogP contribution in [0.25, 0.3) is 0 Å². The van der Waals surface area contributed by atoms with E-state index in [2.05, 4.69) is 48.5 Å². The van der Waals surface area contributed by atoms with Crippen molar-refractivity contribution in [3.8, 4) is 0 Å². The Kier molecular flexibility index (Phi) is 75.6. The monoisotopic (exact) mass is 1550 g/mol. The van der Waals surface area contributed by atoms with E-state index in [1.165, 1.54) is 270 Å². The molecule has 630 valence electrons. The fourth-order valence-electron chi connectivity index (χ4n) is 13.5. The molecule has 0 amide bonds. The van der Waals surface area contributed by atoms with Crippen molar-refractivity contribution in [3.05, 3.63) is 0 Å². The van der Waals surface area contributed by atoms with Crippen LogP contribution >= 0.6 is 15.6 Å². The van der Waals surface area contributed by atoms with Gasteiger partial charge in [0, 0.05) is 25.7 Å². The number of hydrogen-bond donors (Lipinski definition) is 3. The smallest absolute Gasteiger partial charge is 0.462 e. The number of hydrogen-bond acceptors (Lipinski definition) is 15. The van der Waals surface area contributed by atoms with E-state index >= 15 is 0 Å². The number of carbonyl (C=O) groups is 4. The van der Waals surface area contributed by atoms with E-state index in [4.69, 9.17) is 37.0 Å². The van der Waals surface area contributed by atoms with E-state index in [1.54, 1.807) is 0 Å². The van der Waals surface area contributed by atoms with Gasteiger partial charge in [-0.15, -0.1) is 0 Å². The molecule has 0 aromatic rings. The summed E-state index contributed by atoms with van der Waals surface area (Å²) < 4.78 is 68.9. The molecule has 0 aromatic carbocycles. The Hall–Kier alpha value is -1.94. The molecular weight excluding hydrogens is 1380 g/mol. The zero-order valence-corrected chi connectivity index (χ0v) is 71.7. The van der Waals surface area contributed by atoms with Gasteiger partial charge in [-0.1, -0.05) is 408 Å². The van der Waals surface area contributed by atoms with Crippen molar-refractivity contribution in [3.63, 3.8) is 0 Å². The molecule has 6 atom stereocenters. The highest BCUT2D eigenvalue weighted by Gasteiger charge is 2.31. The molecule has 106 heavy (non-hydrogen) atoms. The third kappa shape index (κ3) is 78.7. The summed E-state index contributed by atoms with van der Waals surface area (Å²) in [6.07, 6.45) is 68.2. The molecule has 17 nitrogen and oxygen atoms in total. The van der Waals surface area contributed by atoms with Crippen LogP contribution < -0.4 is 0 Å². The van der Waals surface area contributed by atoms with Crippen LogP contribution in [0, 0.1) is 17.8 Å². The summed E-state index contributed by atoms with van der Waals surface area (Å²) in [6.45, 7) is 12.0. The number of phosphoric ester groups is 2. The molecule has 0 aliphatic rings. The maximum Gasteiger partial charge on any atom is 0.472 e. The molecule has 3 N–H and O–H groups in total. The van der Waals surface area contributed by atoms with Crippen LogP contribution in [0.15, 0.2) is 0 Å². The number of unbranched alkanes of at least 4 members (excludes halogenated alkanes) is 52. The first-order valence-corrected chi connectivity index (χ1v) is 47.9. The second kappa shape index (κ2) is 77.0. The molecule has 0 heterocycles. The van der Waals surface area contributed by atoms with Gasteiger partial charge in [-0.3, -0.25) is 37.3 Å². The zero-order chi connectivity index (χ0) is 77.9. The van der Waals surface area contributed by atoms with Crippen LogP contribution in [-0.4, -0.2) is 96.7 Å². The number of carbonyl (C=O) groups excluding carboxylic acids is 4. The second-order valence-corrected chi connectivity index (χ2v) is 35.4. The molecule has 0 radical (unpaired) electrons. The summed E-state index contributed by atoms with van der Waals surface area (Å²) in [6, 6.07) is 0. The van der Waals surface area contributed by atoms with Crippen molar-refractivity contribution in [1.82, 2.24) is 0 Å². The van der Waals surface area contributed by atoms with Crippen molar-refractivity contribution < 1.29 is 80.2 Å². The molecule has 0 saturated heterocycles. The van der Waals surface area contributed by atoms with Crippen molar-refractivity contribution in [1.29, 1.82) is 0 Å². The lowest BCUT2D eigenvalue weighted by Crippen LogP contribution is -2.30. The SMILES string of the molecule is CCCCCCCCCCCCCCCCCCCCCCCC(=O)OC[C@H](COP(=O)(O)OC[C@@H](O)COP(=O)(O)OC[C@@H](COC(=O)CCCCCCCCCCC(C)CC)OC(=O)CCCCCCCCCCCC(C)C)OC(=O)CCCCCCCCCCCCCCCCCCCCC(C)C. The van der Waals surface area contributed by atoms with Gasteiger partial charge < -0.3 is 33.8 Å². The molecular formula is C87H170O17P2. The minimum Gasteiger partial charge on any atom is -0.462 e. The van der Waals surface area contributed by atoms with Gasteiger partial charge in [0.15, 0.2) is 12.2 Å². The van der Waals surface area contributed by atoms with Gasteiger partial charge in [0.1, 0.15) is 19.3 Å². The lowest BCUT2D eigenvalue weighted by Gasteiger charge is -2.21. The van der Waals surface area contributed by atoms with E-state index in [0.717, 1.165) is 108 Å². The fraction of sp³-hybridized carbons (Fsp3) is 0.954. The molecule has 0 fully saturated rings. The molecule has 19 heteroatoms. The van der Waals surface area contributed by atoms with E-state index in [-0.39, 0.29) is 25.7 Å². The molecule has 3 unspecified atom stereocenters. The number of esters is 4. The summed E-state index contributed by atoms with van der Waals surface area (Å²) in [5.74, 6) is 0.228. The number of rotatable bonds is 85. The number of aliphatic hydroxyl groups excluding tert-OH is 1. The predicted molar refractivity (Wildman–Crippen MR) is 437 cm³/mol. The van der Waals surface area contributed by atoms with Gasteiger partial charge in [0.2, 0.25) is 0 Å².